The molecule has 0 saturated carbocycles. The summed E-state index contributed by atoms with van der Waals surface area (Å²) in [7, 11) is 0. The molecule has 112 valence electrons. The first-order chi connectivity index (χ1) is 9.96. The van der Waals surface area contributed by atoms with Gasteiger partial charge >= 0.3 is 5.97 Å². The van der Waals surface area contributed by atoms with Crippen LogP contribution in [0.4, 0.5) is 0 Å². The summed E-state index contributed by atoms with van der Waals surface area (Å²) in [6.45, 7) is 7.02. The number of benzene rings is 1. The highest BCUT2D eigenvalue weighted by Crippen LogP contribution is 2.32. The summed E-state index contributed by atoms with van der Waals surface area (Å²) in [5.74, 6) is 0.157. The van der Waals surface area contributed by atoms with E-state index in [1.165, 1.54) is 0 Å². The molecule has 1 fully saturated rings. The molecule has 1 aliphatic heterocycles. The van der Waals surface area contributed by atoms with Crippen LogP contribution in [0.5, 0.6) is 0 Å². The lowest BCUT2D eigenvalue weighted by Crippen LogP contribution is -2.42. The third-order valence-corrected chi connectivity index (χ3v) is 5.08. The molecule has 5 heteroatoms. The number of para-hydroxylation sites is 1. The highest BCUT2D eigenvalue weighted by molar-refractivity contribution is 8.00. The molecule has 0 unspecified atom stereocenters. The molecule has 0 radical (unpaired) electrons. The lowest BCUT2D eigenvalue weighted by molar-refractivity contribution is 0.0661. The summed E-state index contributed by atoms with van der Waals surface area (Å²) in [6, 6.07) is 7.54. The highest BCUT2D eigenvalue weighted by atomic mass is 32.2. The van der Waals surface area contributed by atoms with Crippen LogP contribution in [0, 0.1) is 0 Å². The van der Waals surface area contributed by atoms with E-state index in [-0.39, 0.29) is 10.5 Å². The van der Waals surface area contributed by atoms with Gasteiger partial charge in [0, 0.05) is 41.1 Å². The van der Waals surface area contributed by atoms with Crippen molar-refractivity contribution in [3.05, 3.63) is 35.6 Å². The number of furan rings is 1. The van der Waals surface area contributed by atoms with E-state index in [0.29, 0.717) is 12.1 Å². The lowest BCUT2D eigenvalue weighted by Gasteiger charge is -2.37. The Labute approximate surface area is 128 Å². The van der Waals surface area contributed by atoms with Crippen LogP contribution in [0.25, 0.3) is 11.0 Å². The lowest BCUT2D eigenvalue weighted by atomic mass is 10.1. The summed E-state index contributed by atoms with van der Waals surface area (Å²) in [6.07, 6.45) is 0. The van der Waals surface area contributed by atoms with Crippen molar-refractivity contribution in [1.82, 2.24) is 4.90 Å². The SMILES string of the molecule is CC1(C)CN(Cc2c(C(=O)O)oc3ccccc23)CCS1. The molecule has 1 aromatic carbocycles. The zero-order chi connectivity index (χ0) is 15.0. The molecule has 0 spiro atoms. The van der Waals surface area contributed by atoms with Crippen LogP contribution in [-0.4, -0.2) is 39.6 Å². The third kappa shape index (κ3) is 2.94. The van der Waals surface area contributed by atoms with Crippen molar-refractivity contribution < 1.29 is 14.3 Å². The van der Waals surface area contributed by atoms with Crippen LogP contribution < -0.4 is 0 Å². The normalized spacial score (nSPS) is 19.0. The van der Waals surface area contributed by atoms with Crippen molar-refractivity contribution in [2.75, 3.05) is 18.8 Å². The van der Waals surface area contributed by atoms with Gasteiger partial charge in [-0.25, -0.2) is 4.79 Å². The van der Waals surface area contributed by atoms with E-state index in [4.69, 9.17) is 4.42 Å². The van der Waals surface area contributed by atoms with Gasteiger partial charge in [-0.05, 0) is 19.9 Å². The van der Waals surface area contributed by atoms with Gasteiger partial charge in [-0.3, -0.25) is 4.90 Å². The Kier molecular flexibility index (Phi) is 3.71. The van der Waals surface area contributed by atoms with Gasteiger partial charge in [0.1, 0.15) is 5.58 Å². The molecule has 4 nitrogen and oxygen atoms in total. The minimum absolute atomic E-state index is 0.0761. The number of rotatable bonds is 3. The highest BCUT2D eigenvalue weighted by Gasteiger charge is 2.29. The zero-order valence-electron chi connectivity index (χ0n) is 12.3. The van der Waals surface area contributed by atoms with Crippen LogP contribution >= 0.6 is 11.8 Å². The number of carbonyl (C=O) groups is 1. The molecule has 1 saturated heterocycles. The molecular weight excluding hydrogens is 286 g/mol. The van der Waals surface area contributed by atoms with E-state index in [2.05, 4.69) is 18.7 Å². The first kappa shape index (κ1) is 14.5. The number of fused-ring (bicyclic) bond motifs is 1. The predicted molar refractivity (Wildman–Crippen MR) is 85.0 cm³/mol. The Morgan fingerprint density at radius 2 is 2.19 bits per heavy atom. The van der Waals surface area contributed by atoms with Crippen LogP contribution in [0.1, 0.15) is 30.0 Å². The minimum atomic E-state index is -0.994. The van der Waals surface area contributed by atoms with E-state index in [9.17, 15) is 9.90 Å². The molecule has 0 aliphatic carbocycles. The molecule has 1 N–H and O–H groups in total. The summed E-state index contributed by atoms with van der Waals surface area (Å²) >= 11 is 1.97. The topological polar surface area (TPSA) is 53.7 Å². The number of carboxylic acid groups (broad SMARTS) is 1. The Morgan fingerprint density at radius 3 is 2.90 bits per heavy atom. The van der Waals surface area contributed by atoms with Gasteiger partial charge in [0.15, 0.2) is 0 Å². The fourth-order valence-corrected chi connectivity index (χ4v) is 4.08. The van der Waals surface area contributed by atoms with Gasteiger partial charge in [0.2, 0.25) is 5.76 Å². The minimum Gasteiger partial charge on any atom is -0.475 e. The van der Waals surface area contributed by atoms with Crippen molar-refractivity contribution in [2.24, 2.45) is 0 Å². The van der Waals surface area contributed by atoms with Crippen LogP contribution in [-0.2, 0) is 6.54 Å². The predicted octanol–water partition coefficient (Wildman–Crippen LogP) is 3.46. The molecule has 2 aromatic rings. The molecule has 0 amide bonds. The molecule has 3 rings (SSSR count). The van der Waals surface area contributed by atoms with Crippen molar-refractivity contribution in [2.45, 2.75) is 25.1 Å². The monoisotopic (exact) mass is 305 g/mol. The zero-order valence-corrected chi connectivity index (χ0v) is 13.1. The van der Waals surface area contributed by atoms with Crippen molar-refractivity contribution >= 4 is 28.7 Å². The van der Waals surface area contributed by atoms with Gasteiger partial charge in [0.25, 0.3) is 0 Å². The van der Waals surface area contributed by atoms with Crippen LogP contribution in [0.15, 0.2) is 28.7 Å². The number of hydrogen-bond acceptors (Lipinski definition) is 4. The third-order valence-electron chi connectivity index (χ3n) is 3.78. The van der Waals surface area contributed by atoms with Gasteiger partial charge in [0.05, 0.1) is 0 Å². The van der Waals surface area contributed by atoms with Crippen LogP contribution in [0.3, 0.4) is 0 Å². The Bertz CT molecular complexity index is 677. The summed E-state index contributed by atoms with van der Waals surface area (Å²) < 4.78 is 5.73. The van der Waals surface area contributed by atoms with Crippen LogP contribution in [0.2, 0.25) is 0 Å². The second kappa shape index (κ2) is 5.39. The fourth-order valence-electron chi connectivity index (χ4n) is 2.90. The standard InChI is InChI=1S/C16H19NO3S/c1-16(2)10-17(7-8-21-16)9-12-11-5-3-4-6-13(11)20-14(12)15(18)19/h3-6H,7-10H2,1-2H3,(H,18,19). The summed E-state index contributed by atoms with van der Waals surface area (Å²) in [4.78, 5) is 13.8. The quantitative estimate of drug-likeness (QED) is 0.941. The van der Waals surface area contributed by atoms with E-state index >= 15 is 0 Å². The number of nitrogens with zero attached hydrogens (tertiary/aromatic N) is 1. The largest absolute Gasteiger partial charge is 0.475 e. The van der Waals surface area contributed by atoms with Gasteiger partial charge in [-0.15, -0.1) is 0 Å². The second-order valence-corrected chi connectivity index (χ2v) is 7.83. The van der Waals surface area contributed by atoms with Crippen molar-refractivity contribution in [3.8, 4) is 0 Å². The first-order valence-electron chi connectivity index (χ1n) is 7.06. The summed E-state index contributed by atoms with van der Waals surface area (Å²) in [5, 5.41) is 10.3. The Balaban J connectivity index is 1.95. The van der Waals surface area contributed by atoms with Crippen molar-refractivity contribution in [3.63, 3.8) is 0 Å². The van der Waals surface area contributed by atoms with Gasteiger partial charge in [-0.1, -0.05) is 18.2 Å². The molecule has 21 heavy (non-hydrogen) atoms. The van der Waals surface area contributed by atoms with E-state index in [0.717, 1.165) is 29.8 Å². The average Bonchev–Trinajstić information content (AvgIpc) is 2.77. The summed E-state index contributed by atoms with van der Waals surface area (Å²) in [5.41, 5.74) is 1.44. The van der Waals surface area contributed by atoms with Gasteiger partial charge in [-0.2, -0.15) is 11.8 Å². The smallest absolute Gasteiger partial charge is 0.372 e. The van der Waals surface area contributed by atoms with Crippen molar-refractivity contribution in [1.29, 1.82) is 0 Å². The number of hydrogen-bond donors (Lipinski definition) is 1. The van der Waals surface area contributed by atoms with E-state index < -0.39 is 5.97 Å². The number of aromatic carboxylic acids is 1. The maximum atomic E-state index is 11.4. The Morgan fingerprint density at radius 1 is 1.43 bits per heavy atom. The molecule has 0 bridgehead atoms. The molecule has 1 aliphatic rings. The first-order valence-corrected chi connectivity index (χ1v) is 8.05. The maximum Gasteiger partial charge on any atom is 0.372 e. The average molecular weight is 305 g/mol. The van der Waals surface area contributed by atoms with Gasteiger partial charge < -0.3 is 9.52 Å². The second-order valence-electron chi connectivity index (χ2n) is 6.03. The molecular formula is C16H19NO3S. The fraction of sp³-hybridized carbons (Fsp3) is 0.438. The van der Waals surface area contributed by atoms with E-state index in [1.54, 1.807) is 0 Å². The maximum absolute atomic E-state index is 11.4. The van der Waals surface area contributed by atoms with E-state index in [1.807, 2.05) is 36.0 Å². The molecule has 2 heterocycles. The number of thioether (sulfide) groups is 1. The molecule has 0 atom stereocenters. The number of carboxylic acids is 1. The Hall–Kier alpha value is -1.46. The molecule has 1 aromatic heterocycles.